The van der Waals surface area contributed by atoms with Crippen molar-refractivity contribution in [1.29, 1.82) is 5.26 Å². The lowest BCUT2D eigenvalue weighted by atomic mass is 9.99. The minimum atomic E-state index is -0.967. The first kappa shape index (κ1) is 15.2. The third-order valence-electron chi connectivity index (χ3n) is 4.25. The molecule has 1 atom stereocenters. The second-order valence-electron chi connectivity index (χ2n) is 5.86. The Hall–Kier alpha value is -2.71. The van der Waals surface area contributed by atoms with E-state index in [0.29, 0.717) is 24.2 Å². The van der Waals surface area contributed by atoms with Crippen LogP contribution in [0.1, 0.15) is 37.1 Å². The Balaban J connectivity index is 1.99. The molecule has 1 heterocycles. The van der Waals surface area contributed by atoms with Gasteiger partial charge in [0.25, 0.3) is 0 Å². The lowest BCUT2D eigenvalue weighted by molar-refractivity contribution is 0.0484. The number of hydrogen-bond donors (Lipinski definition) is 1. The van der Waals surface area contributed by atoms with Gasteiger partial charge in [-0.15, -0.1) is 5.10 Å². The quantitative estimate of drug-likeness (QED) is 0.804. The molecule has 0 fully saturated rings. The van der Waals surface area contributed by atoms with E-state index < -0.39 is 5.60 Å². The smallest absolute Gasteiger partial charge is 0.114 e. The van der Waals surface area contributed by atoms with Crippen LogP contribution in [0.15, 0.2) is 42.6 Å². The van der Waals surface area contributed by atoms with Crippen molar-refractivity contribution in [3.63, 3.8) is 0 Å². The van der Waals surface area contributed by atoms with Crippen molar-refractivity contribution < 1.29 is 5.11 Å². The fourth-order valence-electron chi connectivity index (χ4n) is 2.57. The fraction of sp³-hybridized carbons (Fsp3) is 0.278. The van der Waals surface area contributed by atoms with E-state index in [2.05, 4.69) is 16.4 Å². The second-order valence-corrected chi connectivity index (χ2v) is 5.86. The van der Waals surface area contributed by atoms with E-state index in [9.17, 15) is 10.4 Å². The van der Waals surface area contributed by atoms with Gasteiger partial charge in [0, 0.05) is 0 Å². The van der Waals surface area contributed by atoms with E-state index in [1.807, 2.05) is 43.3 Å². The molecule has 0 amide bonds. The van der Waals surface area contributed by atoms with Crippen LogP contribution in [0.2, 0.25) is 0 Å². The van der Waals surface area contributed by atoms with Gasteiger partial charge in [-0.05, 0) is 35.7 Å². The van der Waals surface area contributed by atoms with Crippen molar-refractivity contribution in [2.75, 3.05) is 0 Å². The van der Waals surface area contributed by atoms with Crippen LogP contribution in [-0.2, 0) is 12.1 Å². The Morgan fingerprint density at radius 3 is 2.65 bits per heavy atom. The Morgan fingerprint density at radius 1 is 1.22 bits per heavy atom. The SMILES string of the molecule is CCC(C)(O)c1cn(Cc2ccc(C#N)c3ccccc23)nn1. The molecule has 0 saturated heterocycles. The van der Waals surface area contributed by atoms with Gasteiger partial charge in [0.1, 0.15) is 11.3 Å². The lowest BCUT2D eigenvalue weighted by Gasteiger charge is -2.17. The highest BCUT2D eigenvalue weighted by Gasteiger charge is 2.24. The van der Waals surface area contributed by atoms with E-state index in [0.717, 1.165) is 16.3 Å². The molecule has 2 aromatic carbocycles. The maximum absolute atomic E-state index is 10.3. The summed E-state index contributed by atoms with van der Waals surface area (Å²) in [6.07, 6.45) is 2.35. The highest BCUT2D eigenvalue weighted by Crippen LogP contribution is 2.24. The summed E-state index contributed by atoms with van der Waals surface area (Å²) in [6, 6.07) is 13.8. The van der Waals surface area contributed by atoms with E-state index in [1.54, 1.807) is 17.8 Å². The van der Waals surface area contributed by atoms with Gasteiger partial charge in [-0.25, -0.2) is 4.68 Å². The van der Waals surface area contributed by atoms with Crippen LogP contribution < -0.4 is 0 Å². The Bertz CT molecular complexity index is 889. The van der Waals surface area contributed by atoms with Gasteiger partial charge in [0.2, 0.25) is 0 Å². The summed E-state index contributed by atoms with van der Waals surface area (Å²) in [5, 5.41) is 29.7. The summed E-state index contributed by atoms with van der Waals surface area (Å²) in [5.74, 6) is 0. The Morgan fingerprint density at radius 2 is 1.96 bits per heavy atom. The minimum absolute atomic E-state index is 0.541. The number of aliphatic hydroxyl groups is 1. The van der Waals surface area contributed by atoms with Gasteiger partial charge in [-0.1, -0.05) is 42.5 Å². The molecular weight excluding hydrogens is 288 g/mol. The molecule has 5 nitrogen and oxygen atoms in total. The number of fused-ring (bicyclic) bond motifs is 1. The standard InChI is InChI=1S/C18H18N4O/c1-3-18(2,23)17-12-22(21-20-17)11-14-9-8-13(10-19)15-6-4-5-7-16(14)15/h4-9,12,23H,3,11H2,1-2H3. The third-order valence-corrected chi connectivity index (χ3v) is 4.25. The summed E-state index contributed by atoms with van der Waals surface area (Å²) < 4.78 is 1.72. The number of benzene rings is 2. The van der Waals surface area contributed by atoms with Crippen molar-refractivity contribution in [3.05, 3.63) is 59.4 Å². The number of rotatable bonds is 4. The molecule has 3 aromatic rings. The summed E-state index contributed by atoms with van der Waals surface area (Å²) in [7, 11) is 0. The van der Waals surface area contributed by atoms with Crippen molar-refractivity contribution in [2.45, 2.75) is 32.4 Å². The predicted molar refractivity (Wildman–Crippen MR) is 87.6 cm³/mol. The molecule has 1 N–H and O–H groups in total. The van der Waals surface area contributed by atoms with Crippen LogP contribution in [0.4, 0.5) is 0 Å². The maximum atomic E-state index is 10.3. The fourth-order valence-corrected chi connectivity index (χ4v) is 2.57. The molecule has 0 radical (unpaired) electrons. The number of nitrogens with zero attached hydrogens (tertiary/aromatic N) is 4. The lowest BCUT2D eigenvalue weighted by Crippen LogP contribution is -2.20. The van der Waals surface area contributed by atoms with Crippen molar-refractivity contribution in [1.82, 2.24) is 15.0 Å². The van der Waals surface area contributed by atoms with Crippen molar-refractivity contribution in [2.24, 2.45) is 0 Å². The third kappa shape index (κ3) is 2.81. The van der Waals surface area contributed by atoms with Crippen LogP contribution in [0.3, 0.4) is 0 Å². The minimum Gasteiger partial charge on any atom is -0.384 e. The van der Waals surface area contributed by atoms with Crippen LogP contribution in [-0.4, -0.2) is 20.1 Å². The second kappa shape index (κ2) is 5.82. The van der Waals surface area contributed by atoms with Crippen LogP contribution in [0.5, 0.6) is 0 Å². The predicted octanol–water partition coefficient (Wildman–Crippen LogP) is 2.97. The molecule has 0 spiro atoms. The molecule has 116 valence electrons. The average molecular weight is 306 g/mol. The zero-order valence-corrected chi connectivity index (χ0v) is 13.2. The first-order chi connectivity index (χ1) is 11.0. The molecule has 0 aliphatic rings. The molecule has 1 aromatic heterocycles. The zero-order chi connectivity index (χ0) is 16.4. The van der Waals surface area contributed by atoms with Crippen LogP contribution in [0, 0.1) is 11.3 Å². The summed E-state index contributed by atoms with van der Waals surface area (Å²) in [5.41, 5.74) is 1.33. The molecule has 0 bridgehead atoms. The number of hydrogen-bond acceptors (Lipinski definition) is 4. The van der Waals surface area contributed by atoms with Gasteiger partial charge in [-0.2, -0.15) is 5.26 Å². The molecule has 0 saturated carbocycles. The molecule has 0 aliphatic heterocycles. The zero-order valence-electron chi connectivity index (χ0n) is 13.2. The highest BCUT2D eigenvalue weighted by atomic mass is 16.3. The topological polar surface area (TPSA) is 74.7 Å². The van der Waals surface area contributed by atoms with Gasteiger partial charge in [-0.3, -0.25) is 0 Å². The normalized spacial score (nSPS) is 13.7. The molecule has 5 heteroatoms. The molecular formula is C18H18N4O. The average Bonchev–Trinajstić information content (AvgIpc) is 3.04. The van der Waals surface area contributed by atoms with Gasteiger partial charge >= 0.3 is 0 Å². The van der Waals surface area contributed by atoms with E-state index in [-0.39, 0.29) is 0 Å². The largest absolute Gasteiger partial charge is 0.384 e. The summed E-state index contributed by atoms with van der Waals surface area (Å²) in [6.45, 7) is 4.19. The molecule has 23 heavy (non-hydrogen) atoms. The van der Waals surface area contributed by atoms with Crippen molar-refractivity contribution in [3.8, 4) is 6.07 Å². The number of nitriles is 1. The first-order valence-electron chi connectivity index (χ1n) is 7.59. The highest BCUT2D eigenvalue weighted by molar-refractivity contribution is 5.90. The Labute approximate surface area is 134 Å². The Kier molecular flexibility index (Phi) is 3.85. The van der Waals surface area contributed by atoms with Gasteiger partial charge in [0.15, 0.2) is 0 Å². The van der Waals surface area contributed by atoms with E-state index in [1.165, 1.54) is 0 Å². The number of aromatic nitrogens is 3. The van der Waals surface area contributed by atoms with Crippen LogP contribution >= 0.6 is 0 Å². The molecule has 0 aliphatic carbocycles. The summed E-state index contributed by atoms with van der Waals surface area (Å²) in [4.78, 5) is 0. The van der Waals surface area contributed by atoms with E-state index >= 15 is 0 Å². The monoisotopic (exact) mass is 306 g/mol. The van der Waals surface area contributed by atoms with Gasteiger partial charge < -0.3 is 5.11 Å². The van der Waals surface area contributed by atoms with E-state index in [4.69, 9.17) is 0 Å². The van der Waals surface area contributed by atoms with Crippen molar-refractivity contribution >= 4 is 10.8 Å². The molecule has 3 rings (SSSR count). The van der Waals surface area contributed by atoms with Crippen LogP contribution in [0.25, 0.3) is 10.8 Å². The first-order valence-corrected chi connectivity index (χ1v) is 7.59. The molecule has 1 unspecified atom stereocenters. The maximum Gasteiger partial charge on any atom is 0.114 e. The van der Waals surface area contributed by atoms with Gasteiger partial charge in [0.05, 0.1) is 24.4 Å². The summed E-state index contributed by atoms with van der Waals surface area (Å²) >= 11 is 0.